The highest BCUT2D eigenvalue weighted by molar-refractivity contribution is 6.18. The van der Waals surface area contributed by atoms with Gasteiger partial charge in [0, 0.05) is 17.8 Å². The van der Waals surface area contributed by atoms with E-state index in [1.807, 2.05) is 31.2 Å². The number of amides is 1. The molecule has 4 heteroatoms. The predicted octanol–water partition coefficient (Wildman–Crippen LogP) is 3.15. The summed E-state index contributed by atoms with van der Waals surface area (Å²) in [5.41, 5.74) is 0.292. The van der Waals surface area contributed by atoms with Gasteiger partial charge >= 0.3 is 0 Å². The van der Waals surface area contributed by atoms with Crippen LogP contribution in [0.5, 0.6) is 5.75 Å². The summed E-state index contributed by atoms with van der Waals surface area (Å²) in [6, 6.07) is 10.9. The van der Waals surface area contributed by atoms with Crippen molar-refractivity contribution < 1.29 is 9.90 Å². The Morgan fingerprint density at radius 1 is 1.32 bits per heavy atom. The maximum absolute atomic E-state index is 12.0. The first kappa shape index (κ1) is 13.7. The zero-order chi connectivity index (χ0) is 13.8. The van der Waals surface area contributed by atoms with Crippen molar-refractivity contribution in [2.75, 3.05) is 12.4 Å². The second-order valence-corrected chi connectivity index (χ2v) is 4.96. The number of phenols is 1. The lowest BCUT2D eigenvalue weighted by atomic mass is 10.0. The predicted molar refractivity (Wildman–Crippen MR) is 77.8 cm³/mol. The maximum atomic E-state index is 12.0. The third-order valence-corrected chi connectivity index (χ3v) is 3.55. The van der Waals surface area contributed by atoms with Crippen LogP contribution in [0, 0.1) is 5.92 Å². The van der Waals surface area contributed by atoms with Crippen molar-refractivity contribution in [2.45, 2.75) is 6.92 Å². The van der Waals surface area contributed by atoms with E-state index in [-0.39, 0.29) is 17.6 Å². The van der Waals surface area contributed by atoms with Crippen molar-refractivity contribution in [1.29, 1.82) is 0 Å². The summed E-state index contributed by atoms with van der Waals surface area (Å²) in [7, 11) is 0. The fraction of sp³-hybridized carbons (Fsp3) is 0.267. The highest BCUT2D eigenvalue weighted by Crippen LogP contribution is 2.28. The molecular weight excluding hydrogens is 262 g/mol. The van der Waals surface area contributed by atoms with Crippen molar-refractivity contribution in [1.82, 2.24) is 5.32 Å². The summed E-state index contributed by atoms with van der Waals surface area (Å²) in [4.78, 5) is 12.0. The van der Waals surface area contributed by atoms with Crippen LogP contribution in [0.25, 0.3) is 10.8 Å². The first-order valence-corrected chi connectivity index (χ1v) is 6.71. The number of halogens is 1. The van der Waals surface area contributed by atoms with E-state index >= 15 is 0 Å². The molecule has 0 aliphatic carbocycles. The third-order valence-electron chi connectivity index (χ3n) is 3.02. The number of alkyl halides is 1. The molecule has 1 unspecified atom stereocenters. The van der Waals surface area contributed by atoms with Crippen LogP contribution in [0.15, 0.2) is 36.4 Å². The Hall–Kier alpha value is -1.74. The molecule has 0 saturated heterocycles. The van der Waals surface area contributed by atoms with E-state index in [1.165, 1.54) is 0 Å². The molecule has 0 bridgehead atoms. The first-order chi connectivity index (χ1) is 9.13. The molecule has 0 saturated carbocycles. The fourth-order valence-electron chi connectivity index (χ4n) is 1.86. The van der Waals surface area contributed by atoms with Crippen LogP contribution in [0.2, 0.25) is 0 Å². The summed E-state index contributed by atoms with van der Waals surface area (Å²) >= 11 is 5.69. The van der Waals surface area contributed by atoms with Crippen LogP contribution >= 0.6 is 11.6 Å². The van der Waals surface area contributed by atoms with E-state index < -0.39 is 0 Å². The summed E-state index contributed by atoms with van der Waals surface area (Å²) in [5, 5.41) is 14.5. The molecule has 0 aliphatic heterocycles. The molecule has 2 aromatic rings. The molecule has 100 valence electrons. The molecule has 1 atom stereocenters. The van der Waals surface area contributed by atoms with Gasteiger partial charge in [-0.15, -0.1) is 11.6 Å². The highest BCUT2D eigenvalue weighted by atomic mass is 35.5. The van der Waals surface area contributed by atoms with Crippen molar-refractivity contribution in [3.63, 3.8) is 0 Å². The molecule has 2 N–H and O–H groups in total. The molecule has 0 spiro atoms. The van der Waals surface area contributed by atoms with E-state index in [0.29, 0.717) is 23.4 Å². The zero-order valence-corrected chi connectivity index (χ0v) is 11.4. The van der Waals surface area contributed by atoms with Gasteiger partial charge in [0.25, 0.3) is 5.91 Å². The van der Waals surface area contributed by atoms with Gasteiger partial charge in [-0.1, -0.05) is 37.3 Å². The van der Waals surface area contributed by atoms with Crippen molar-refractivity contribution >= 4 is 28.3 Å². The van der Waals surface area contributed by atoms with Gasteiger partial charge in [-0.05, 0) is 17.4 Å². The topological polar surface area (TPSA) is 49.3 Å². The summed E-state index contributed by atoms with van der Waals surface area (Å²) in [5.74, 6) is 0.437. The lowest BCUT2D eigenvalue weighted by Crippen LogP contribution is -2.28. The number of hydrogen-bond acceptors (Lipinski definition) is 2. The van der Waals surface area contributed by atoms with Crippen LogP contribution in [0.1, 0.15) is 17.3 Å². The number of fused-ring (bicyclic) bond motifs is 1. The fourth-order valence-corrected chi connectivity index (χ4v) is 1.96. The monoisotopic (exact) mass is 277 g/mol. The summed E-state index contributed by atoms with van der Waals surface area (Å²) < 4.78 is 0. The van der Waals surface area contributed by atoms with Crippen molar-refractivity contribution in [3.8, 4) is 5.75 Å². The van der Waals surface area contributed by atoms with E-state index in [2.05, 4.69) is 5.32 Å². The summed E-state index contributed by atoms with van der Waals surface area (Å²) in [6.07, 6.45) is 0. The van der Waals surface area contributed by atoms with Gasteiger partial charge in [-0.25, -0.2) is 0 Å². The third kappa shape index (κ3) is 2.99. The van der Waals surface area contributed by atoms with E-state index in [0.717, 1.165) is 5.39 Å². The second-order valence-electron chi connectivity index (χ2n) is 4.65. The normalized spacial score (nSPS) is 12.3. The van der Waals surface area contributed by atoms with Gasteiger partial charge in [0.2, 0.25) is 0 Å². The van der Waals surface area contributed by atoms with Crippen molar-refractivity contribution in [2.24, 2.45) is 5.92 Å². The van der Waals surface area contributed by atoms with Gasteiger partial charge in [0.1, 0.15) is 5.75 Å². The minimum Gasteiger partial charge on any atom is -0.506 e. The Morgan fingerprint density at radius 3 is 2.79 bits per heavy atom. The zero-order valence-electron chi connectivity index (χ0n) is 10.7. The van der Waals surface area contributed by atoms with E-state index in [4.69, 9.17) is 11.6 Å². The molecule has 19 heavy (non-hydrogen) atoms. The minimum atomic E-state index is -0.278. The standard InChI is InChI=1S/C15H16ClNO2/c1-10(8-16)9-17-15(19)13-7-6-11-4-2-3-5-12(11)14(13)18/h2-7,10,18H,8-9H2,1H3,(H,17,19). The minimum absolute atomic E-state index is 0.0223. The molecule has 0 aromatic heterocycles. The Morgan fingerprint density at radius 2 is 2.05 bits per heavy atom. The quantitative estimate of drug-likeness (QED) is 0.844. The number of nitrogens with one attached hydrogen (secondary N) is 1. The molecule has 2 rings (SSSR count). The number of hydrogen-bond donors (Lipinski definition) is 2. The van der Waals surface area contributed by atoms with Gasteiger partial charge in [0.05, 0.1) is 5.56 Å². The lowest BCUT2D eigenvalue weighted by Gasteiger charge is -2.11. The molecule has 3 nitrogen and oxygen atoms in total. The van der Waals surface area contributed by atoms with Crippen molar-refractivity contribution in [3.05, 3.63) is 42.0 Å². The van der Waals surface area contributed by atoms with Gasteiger partial charge in [0.15, 0.2) is 0 Å². The molecule has 2 aromatic carbocycles. The SMILES string of the molecule is CC(CCl)CNC(=O)c1ccc2ccccc2c1O. The van der Waals surface area contributed by atoms with Gasteiger partial charge in [-0.3, -0.25) is 4.79 Å². The van der Waals surface area contributed by atoms with Crippen LogP contribution in [0.4, 0.5) is 0 Å². The first-order valence-electron chi connectivity index (χ1n) is 6.18. The maximum Gasteiger partial charge on any atom is 0.255 e. The van der Waals surface area contributed by atoms with E-state index in [9.17, 15) is 9.90 Å². The molecular formula is C15H16ClNO2. The molecule has 1 amide bonds. The van der Waals surface area contributed by atoms with Gasteiger partial charge in [-0.2, -0.15) is 0 Å². The van der Waals surface area contributed by atoms with Crippen LogP contribution < -0.4 is 5.32 Å². The Labute approximate surface area is 117 Å². The van der Waals surface area contributed by atoms with E-state index in [1.54, 1.807) is 12.1 Å². The second kappa shape index (κ2) is 5.93. The smallest absolute Gasteiger partial charge is 0.255 e. The van der Waals surface area contributed by atoms with Crippen LogP contribution in [-0.2, 0) is 0 Å². The number of rotatable bonds is 4. The molecule has 0 radical (unpaired) electrons. The number of aromatic hydroxyl groups is 1. The molecule has 0 aliphatic rings. The van der Waals surface area contributed by atoms with Crippen LogP contribution in [-0.4, -0.2) is 23.4 Å². The highest BCUT2D eigenvalue weighted by Gasteiger charge is 2.14. The number of benzene rings is 2. The number of carbonyl (C=O) groups is 1. The molecule has 0 fully saturated rings. The Balaban J connectivity index is 2.25. The largest absolute Gasteiger partial charge is 0.506 e. The number of carbonyl (C=O) groups excluding carboxylic acids is 1. The Kier molecular flexibility index (Phi) is 4.27. The number of phenolic OH excluding ortho intramolecular Hbond substituents is 1. The van der Waals surface area contributed by atoms with Gasteiger partial charge < -0.3 is 10.4 Å². The Bertz CT molecular complexity index is 598. The summed E-state index contributed by atoms with van der Waals surface area (Å²) in [6.45, 7) is 2.45. The average molecular weight is 278 g/mol. The molecule has 0 heterocycles. The average Bonchev–Trinajstić information content (AvgIpc) is 2.45. The lowest BCUT2D eigenvalue weighted by molar-refractivity contribution is 0.0947. The van der Waals surface area contributed by atoms with Crippen LogP contribution in [0.3, 0.4) is 0 Å².